The van der Waals surface area contributed by atoms with Crippen LogP contribution in [0.3, 0.4) is 0 Å². The maximum absolute atomic E-state index is 13.8. The fourth-order valence-corrected chi connectivity index (χ4v) is 6.04. The predicted molar refractivity (Wildman–Crippen MR) is 154 cm³/mol. The van der Waals surface area contributed by atoms with Crippen LogP contribution in [0.4, 0.5) is 5.82 Å². The Bertz CT molecular complexity index is 1720. The van der Waals surface area contributed by atoms with Gasteiger partial charge >= 0.3 is 0 Å². The SMILES string of the molecule is CC(=O)c1nn(CC(=O)N2[C@H](C(=O)Nc3nc(Br)ccc3C)C[C@@]3(C)C[C@@H]23)c2ccc(-c3cnc(CO)nc3)cc12. The summed E-state index contributed by atoms with van der Waals surface area (Å²) in [5.41, 5.74) is 3.10. The molecule has 0 unspecified atom stereocenters. The number of aryl methyl sites for hydroxylation is 1. The molecule has 6 rings (SSSR count). The summed E-state index contributed by atoms with van der Waals surface area (Å²) < 4.78 is 2.15. The van der Waals surface area contributed by atoms with Crippen LogP contribution in [0, 0.1) is 12.3 Å². The van der Waals surface area contributed by atoms with Crippen molar-refractivity contribution in [2.45, 2.75) is 58.8 Å². The summed E-state index contributed by atoms with van der Waals surface area (Å²) in [5, 5.41) is 17.3. The zero-order chi connectivity index (χ0) is 29.1. The standard InChI is InChI=1S/C29H28BrN7O4/c1-15-4-7-23(30)33-27(15)34-28(41)21-9-29(3)10-22(29)37(21)25(40)13-36-20-6-5-17(8-19(20)26(35-36)16(2)39)18-11-31-24(14-38)32-12-18/h4-8,11-12,21-22,38H,9-10,13-14H2,1-3H3,(H,33,34,41)/t21-,22+,29-/m0/s1. The van der Waals surface area contributed by atoms with E-state index in [1.54, 1.807) is 23.4 Å². The van der Waals surface area contributed by atoms with Crippen LogP contribution in [-0.4, -0.2) is 64.4 Å². The van der Waals surface area contributed by atoms with E-state index in [0.717, 1.165) is 23.1 Å². The highest BCUT2D eigenvalue weighted by atomic mass is 79.9. The number of aliphatic hydroxyl groups excluding tert-OH is 1. The highest BCUT2D eigenvalue weighted by molar-refractivity contribution is 9.10. The van der Waals surface area contributed by atoms with E-state index < -0.39 is 6.04 Å². The number of likely N-dealkylation sites (tertiary alicyclic amines) is 1. The third-order valence-corrected chi connectivity index (χ3v) is 8.52. The number of rotatable bonds is 7. The van der Waals surface area contributed by atoms with Crippen LogP contribution < -0.4 is 5.32 Å². The first-order chi connectivity index (χ1) is 19.6. The lowest BCUT2D eigenvalue weighted by Gasteiger charge is -2.27. The minimum atomic E-state index is -0.631. The van der Waals surface area contributed by atoms with Gasteiger partial charge in [0, 0.05) is 36.3 Å². The number of piperidine rings is 1. The fraction of sp³-hybridized carbons (Fsp3) is 0.345. The number of nitrogens with zero attached hydrogens (tertiary/aromatic N) is 6. The molecule has 1 aliphatic heterocycles. The molecular formula is C29H28BrN7O4. The highest BCUT2D eigenvalue weighted by Gasteiger charge is 2.64. The minimum absolute atomic E-state index is 0.0232. The van der Waals surface area contributed by atoms with Gasteiger partial charge in [0.1, 0.15) is 35.3 Å². The highest BCUT2D eigenvalue weighted by Crippen LogP contribution is 2.59. The van der Waals surface area contributed by atoms with Crippen molar-refractivity contribution in [1.29, 1.82) is 0 Å². The Balaban J connectivity index is 1.28. The van der Waals surface area contributed by atoms with Crippen LogP contribution in [0.15, 0.2) is 47.3 Å². The first-order valence-corrected chi connectivity index (χ1v) is 14.1. The van der Waals surface area contributed by atoms with Crippen molar-refractivity contribution in [3.8, 4) is 11.1 Å². The van der Waals surface area contributed by atoms with Gasteiger partial charge in [-0.3, -0.25) is 19.1 Å². The molecule has 1 saturated heterocycles. The molecule has 0 spiro atoms. The third-order valence-electron chi connectivity index (χ3n) is 8.08. The molecule has 1 aliphatic carbocycles. The van der Waals surface area contributed by atoms with Crippen molar-refractivity contribution >= 4 is 50.2 Å². The van der Waals surface area contributed by atoms with Crippen molar-refractivity contribution in [3.05, 3.63) is 64.4 Å². The summed E-state index contributed by atoms with van der Waals surface area (Å²) in [6.45, 7) is 5.04. The molecule has 11 nitrogen and oxygen atoms in total. The second kappa shape index (κ2) is 10.1. The molecule has 2 aliphatic rings. The number of fused-ring (bicyclic) bond motifs is 2. The number of pyridine rings is 1. The van der Waals surface area contributed by atoms with E-state index in [4.69, 9.17) is 0 Å². The fourth-order valence-electron chi connectivity index (χ4n) is 5.73. The summed E-state index contributed by atoms with van der Waals surface area (Å²) in [6, 6.07) is 8.51. The Labute approximate surface area is 244 Å². The Hall–Kier alpha value is -4.03. The van der Waals surface area contributed by atoms with E-state index in [-0.39, 0.29) is 47.9 Å². The van der Waals surface area contributed by atoms with E-state index in [1.165, 1.54) is 11.6 Å². The summed E-state index contributed by atoms with van der Waals surface area (Å²) in [7, 11) is 0. The van der Waals surface area contributed by atoms with Gasteiger partial charge in [-0.1, -0.05) is 19.1 Å². The molecule has 4 aromatic rings. The number of amides is 2. The number of benzene rings is 1. The molecule has 2 fully saturated rings. The monoisotopic (exact) mass is 617 g/mol. The predicted octanol–water partition coefficient (Wildman–Crippen LogP) is 3.67. The molecule has 3 atom stereocenters. The van der Waals surface area contributed by atoms with Crippen LogP contribution in [-0.2, 0) is 22.7 Å². The normalized spacial score (nSPS) is 21.1. The quantitative estimate of drug-likeness (QED) is 0.236. The Morgan fingerprint density at radius 1 is 1.12 bits per heavy atom. The van der Waals surface area contributed by atoms with E-state index in [1.807, 2.05) is 31.2 Å². The first kappa shape index (κ1) is 27.2. The molecule has 12 heteroatoms. The van der Waals surface area contributed by atoms with Crippen molar-refractivity contribution < 1.29 is 19.5 Å². The largest absolute Gasteiger partial charge is 0.388 e. The van der Waals surface area contributed by atoms with Crippen LogP contribution in [0.2, 0.25) is 0 Å². The molecule has 1 saturated carbocycles. The first-order valence-electron chi connectivity index (χ1n) is 13.3. The van der Waals surface area contributed by atoms with Gasteiger partial charge in [0.25, 0.3) is 0 Å². The summed E-state index contributed by atoms with van der Waals surface area (Å²) in [5.74, 6) is 0.0460. The van der Waals surface area contributed by atoms with Crippen molar-refractivity contribution in [2.75, 3.05) is 5.32 Å². The van der Waals surface area contributed by atoms with Gasteiger partial charge in [-0.05, 0) is 70.4 Å². The molecule has 41 heavy (non-hydrogen) atoms. The molecule has 3 aromatic heterocycles. The maximum Gasteiger partial charge on any atom is 0.248 e. The molecule has 1 aromatic carbocycles. The second-order valence-electron chi connectivity index (χ2n) is 11.0. The van der Waals surface area contributed by atoms with Gasteiger partial charge < -0.3 is 15.3 Å². The number of halogens is 1. The molecular weight excluding hydrogens is 590 g/mol. The molecule has 210 valence electrons. The average Bonchev–Trinajstić information content (AvgIpc) is 3.32. The number of Topliss-reactive ketones (excluding diaryl/α,β-unsaturated/α-hetero) is 1. The number of aliphatic hydroxyl groups is 1. The number of anilines is 1. The van der Waals surface area contributed by atoms with Gasteiger partial charge in [-0.15, -0.1) is 0 Å². The van der Waals surface area contributed by atoms with Gasteiger partial charge in [0.05, 0.1) is 5.52 Å². The van der Waals surface area contributed by atoms with E-state index in [2.05, 4.69) is 48.2 Å². The number of ketones is 1. The van der Waals surface area contributed by atoms with Gasteiger partial charge in [-0.2, -0.15) is 5.10 Å². The molecule has 2 N–H and O–H groups in total. The van der Waals surface area contributed by atoms with Crippen LogP contribution in [0.1, 0.15) is 48.6 Å². The van der Waals surface area contributed by atoms with Crippen LogP contribution in [0.25, 0.3) is 22.0 Å². The Morgan fingerprint density at radius 2 is 1.88 bits per heavy atom. The van der Waals surface area contributed by atoms with E-state index >= 15 is 0 Å². The zero-order valence-corrected chi connectivity index (χ0v) is 24.3. The lowest BCUT2D eigenvalue weighted by atomic mass is 10.0. The number of carbonyl (C=O) groups excluding carboxylic acids is 3. The number of aromatic nitrogens is 5. The zero-order valence-electron chi connectivity index (χ0n) is 22.8. The van der Waals surface area contributed by atoms with Crippen LogP contribution >= 0.6 is 15.9 Å². The van der Waals surface area contributed by atoms with E-state index in [0.29, 0.717) is 33.6 Å². The van der Waals surface area contributed by atoms with Crippen molar-refractivity contribution in [2.24, 2.45) is 5.41 Å². The summed E-state index contributed by atoms with van der Waals surface area (Å²) in [4.78, 5) is 54.1. The maximum atomic E-state index is 13.8. The third kappa shape index (κ3) is 4.91. The smallest absolute Gasteiger partial charge is 0.248 e. The molecule has 0 radical (unpaired) electrons. The Kier molecular flexibility index (Phi) is 6.69. The minimum Gasteiger partial charge on any atom is -0.388 e. The molecule has 0 bridgehead atoms. The summed E-state index contributed by atoms with van der Waals surface area (Å²) in [6.07, 6.45) is 4.63. The van der Waals surface area contributed by atoms with E-state index in [9.17, 15) is 19.5 Å². The number of carbonyl (C=O) groups is 3. The summed E-state index contributed by atoms with van der Waals surface area (Å²) >= 11 is 3.35. The number of hydrogen-bond acceptors (Lipinski definition) is 8. The Morgan fingerprint density at radius 3 is 2.59 bits per heavy atom. The van der Waals surface area contributed by atoms with Gasteiger partial charge in [0.2, 0.25) is 11.8 Å². The topological polar surface area (TPSA) is 143 Å². The van der Waals surface area contributed by atoms with Crippen LogP contribution in [0.5, 0.6) is 0 Å². The molecule has 2 amide bonds. The molecule has 4 heterocycles. The second-order valence-corrected chi connectivity index (χ2v) is 11.8. The van der Waals surface area contributed by atoms with Gasteiger partial charge in [-0.25, -0.2) is 15.0 Å². The van der Waals surface area contributed by atoms with Crippen molar-refractivity contribution in [3.63, 3.8) is 0 Å². The average molecular weight is 618 g/mol. The number of nitrogens with one attached hydrogen (secondary N) is 1. The lowest BCUT2D eigenvalue weighted by molar-refractivity contribution is -0.138. The lowest BCUT2D eigenvalue weighted by Crippen LogP contribution is -2.47. The number of hydrogen-bond donors (Lipinski definition) is 2. The van der Waals surface area contributed by atoms with Crippen molar-refractivity contribution in [1.82, 2.24) is 29.6 Å². The van der Waals surface area contributed by atoms with Gasteiger partial charge in [0.15, 0.2) is 11.6 Å².